The second-order valence-electron chi connectivity index (χ2n) is 7.47. The fourth-order valence-corrected chi connectivity index (χ4v) is 3.92. The molecule has 134 valence electrons. The fourth-order valence-electron chi connectivity index (χ4n) is 3.92. The van der Waals surface area contributed by atoms with Crippen LogP contribution in [0.3, 0.4) is 0 Å². The average molecular weight is 336 g/mol. The summed E-state index contributed by atoms with van der Waals surface area (Å²) < 4.78 is 0. The summed E-state index contributed by atoms with van der Waals surface area (Å²) in [6.45, 7) is 6.06. The van der Waals surface area contributed by atoms with Crippen molar-refractivity contribution in [2.45, 2.75) is 58.3 Å². The zero-order valence-electron chi connectivity index (χ0n) is 15.8. The molecule has 1 heteroatoms. The molecule has 2 aromatic carbocycles. The number of aryl methyl sites for hydroxylation is 1. The van der Waals surface area contributed by atoms with Gasteiger partial charge in [-0.3, -0.25) is 0 Å². The summed E-state index contributed by atoms with van der Waals surface area (Å²) >= 11 is 0. The van der Waals surface area contributed by atoms with Crippen molar-refractivity contribution in [2.24, 2.45) is 0 Å². The number of hydrogen-bond donors (Lipinski definition) is 0. The molecule has 1 saturated heterocycles. The van der Waals surface area contributed by atoms with Gasteiger partial charge in [0, 0.05) is 6.54 Å². The molecule has 0 radical (unpaired) electrons. The molecule has 2 aromatic rings. The van der Waals surface area contributed by atoms with E-state index in [9.17, 15) is 0 Å². The Morgan fingerprint density at radius 3 is 2.40 bits per heavy atom. The van der Waals surface area contributed by atoms with E-state index in [0.29, 0.717) is 0 Å². The van der Waals surface area contributed by atoms with Crippen LogP contribution in [0.1, 0.15) is 56.6 Å². The Labute approximate surface area is 154 Å². The van der Waals surface area contributed by atoms with Crippen LogP contribution in [0.15, 0.2) is 48.5 Å². The Hall–Kier alpha value is -1.60. The van der Waals surface area contributed by atoms with Crippen LogP contribution in [0.4, 0.5) is 0 Å². The Morgan fingerprint density at radius 2 is 1.64 bits per heavy atom. The summed E-state index contributed by atoms with van der Waals surface area (Å²) in [5.74, 6) is 0. The first kappa shape index (κ1) is 18.2. The number of piperidine rings is 1. The highest BCUT2D eigenvalue weighted by molar-refractivity contribution is 5.68. The predicted octanol–water partition coefficient (Wildman–Crippen LogP) is 6.11. The van der Waals surface area contributed by atoms with E-state index >= 15 is 0 Å². The molecular formula is C24H33N. The van der Waals surface area contributed by atoms with Crippen molar-refractivity contribution >= 4 is 0 Å². The van der Waals surface area contributed by atoms with Crippen LogP contribution in [-0.4, -0.2) is 24.5 Å². The molecule has 1 aliphatic heterocycles. The van der Waals surface area contributed by atoms with E-state index < -0.39 is 0 Å². The lowest BCUT2D eigenvalue weighted by Crippen LogP contribution is -2.31. The topological polar surface area (TPSA) is 3.24 Å². The third-order valence-electron chi connectivity index (χ3n) is 5.47. The van der Waals surface area contributed by atoms with Gasteiger partial charge in [-0.1, -0.05) is 74.7 Å². The summed E-state index contributed by atoms with van der Waals surface area (Å²) in [6, 6.07) is 18.2. The van der Waals surface area contributed by atoms with E-state index in [0.717, 1.165) is 0 Å². The summed E-state index contributed by atoms with van der Waals surface area (Å²) in [6.07, 6.45) is 10.5. The monoisotopic (exact) mass is 335 g/mol. The van der Waals surface area contributed by atoms with E-state index in [4.69, 9.17) is 0 Å². The molecule has 0 spiro atoms. The normalized spacial score (nSPS) is 15.4. The van der Waals surface area contributed by atoms with Crippen molar-refractivity contribution in [3.05, 3.63) is 59.7 Å². The van der Waals surface area contributed by atoms with E-state index in [1.165, 1.54) is 93.3 Å². The maximum Gasteiger partial charge on any atom is 0.00220 e. The molecule has 0 aliphatic carbocycles. The zero-order valence-corrected chi connectivity index (χ0v) is 15.8. The van der Waals surface area contributed by atoms with Crippen LogP contribution in [0.25, 0.3) is 11.1 Å². The molecule has 1 aliphatic rings. The smallest absolute Gasteiger partial charge is 0.00220 e. The highest BCUT2D eigenvalue weighted by atomic mass is 15.1. The first-order chi connectivity index (χ1) is 12.4. The Kier molecular flexibility index (Phi) is 7.11. The van der Waals surface area contributed by atoms with E-state index in [2.05, 4.69) is 60.4 Å². The third kappa shape index (κ3) is 5.44. The Balaban J connectivity index is 1.75. The van der Waals surface area contributed by atoms with Gasteiger partial charge in [-0.15, -0.1) is 0 Å². The minimum Gasteiger partial charge on any atom is -0.303 e. The highest BCUT2D eigenvalue weighted by Gasteiger charge is 2.12. The summed E-state index contributed by atoms with van der Waals surface area (Å²) in [7, 11) is 0. The predicted molar refractivity (Wildman–Crippen MR) is 109 cm³/mol. The fraction of sp³-hybridized carbons (Fsp3) is 0.500. The van der Waals surface area contributed by atoms with Gasteiger partial charge in [0.05, 0.1) is 0 Å². The maximum atomic E-state index is 2.65. The Bertz CT molecular complexity index is 626. The SMILES string of the molecule is CCCCCc1ccc(CCN2CCCCC2)c(-c2ccccc2)c1. The summed E-state index contributed by atoms with van der Waals surface area (Å²) in [5, 5.41) is 0. The van der Waals surface area contributed by atoms with Crippen molar-refractivity contribution < 1.29 is 0 Å². The molecule has 1 nitrogen and oxygen atoms in total. The molecule has 0 saturated carbocycles. The van der Waals surface area contributed by atoms with Crippen LogP contribution in [0, 0.1) is 0 Å². The van der Waals surface area contributed by atoms with Crippen LogP contribution < -0.4 is 0 Å². The zero-order chi connectivity index (χ0) is 17.3. The molecule has 0 amide bonds. The number of nitrogens with zero attached hydrogens (tertiary/aromatic N) is 1. The molecule has 1 fully saturated rings. The van der Waals surface area contributed by atoms with Crippen molar-refractivity contribution in [1.82, 2.24) is 4.90 Å². The lowest BCUT2D eigenvalue weighted by molar-refractivity contribution is 0.231. The molecule has 0 aromatic heterocycles. The van der Waals surface area contributed by atoms with E-state index in [-0.39, 0.29) is 0 Å². The van der Waals surface area contributed by atoms with Gasteiger partial charge < -0.3 is 4.90 Å². The summed E-state index contributed by atoms with van der Waals surface area (Å²) in [5.41, 5.74) is 5.82. The van der Waals surface area contributed by atoms with Crippen LogP contribution in [-0.2, 0) is 12.8 Å². The molecule has 0 unspecified atom stereocenters. The first-order valence-corrected chi connectivity index (χ1v) is 10.3. The van der Waals surface area contributed by atoms with E-state index in [1.807, 2.05) is 0 Å². The minimum absolute atomic E-state index is 1.17. The maximum absolute atomic E-state index is 2.65. The minimum atomic E-state index is 1.17. The van der Waals surface area contributed by atoms with Gasteiger partial charge in [-0.05, 0) is 67.4 Å². The summed E-state index contributed by atoms with van der Waals surface area (Å²) in [4.78, 5) is 2.65. The second kappa shape index (κ2) is 9.77. The van der Waals surface area contributed by atoms with Gasteiger partial charge in [-0.25, -0.2) is 0 Å². The molecule has 25 heavy (non-hydrogen) atoms. The van der Waals surface area contributed by atoms with Crippen LogP contribution in [0.5, 0.6) is 0 Å². The Morgan fingerprint density at radius 1 is 0.840 bits per heavy atom. The van der Waals surface area contributed by atoms with Crippen molar-refractivity contribution in [3.8, 4) is 11.1 Å². The van der Waals surface area contributed by atoms with Gasteiger partial charge in [0.2, 0.25) is 0 Å². The second-order valence-corrected chi connectivity index (χ2v) is 7.47. The number of likely N-dealkylation sites (tertiary alicyclic amines) is 1. The van der Waals surface area contributed by atoms with E-state index in [1.54, 1.807) is 0 Å². The largest absolute Gasteiger partial charge is 0.303 e. The van der Waals surface area contributed by atoms with Crippen LogP contribution >= 0.6 is 0 Å². The van der Waals surface area contributed by atoms with Gasteiger partial charge in [0.15, 0.2) is 0 Å². The molecule has 0 N–H and O–H groups in total. The van der Waals surface area contributed by atoms with Crippen LogP contribution in [0.2, 0.25) is 0 Å². The first-order valence-electron chi connectivity index (χ1n) is 10.3. The number of benzene rings is 2. The lowest BCUT2D eigenvalue weighted by atomic mass is 9.93. The third-order valence-corrected chi connectivity index (χ3v) is 5.47. The number of rotatable bonds is 8. The number of unbranched alkanes of at least 4 members (excludes halogenated alkanes) is 2. The quantitative estimate of drug-likeness (QED) is 0.526. The van der Waals surface area contributed by atoms with Gasteiger partial charge in [0.1, 0.15) is 0 Å². The van der Waals surface area contributed by atoms with Crippen molar-refractivity contribution in [3.63, 3.8) is 0 Å². The molecule has 1 heterocycles. The van der Waals surface area contributed by atoms with Crippen molar-refractivity contribution in [2.75, 3.05) is 19.6 Å². The van der Waals surface area contributed by atoms with Gasteiger partial charge in [0.25, 0.3) is 0 Å². The average Bonchev–Trinajstić information content (AvgIpc) is 2.68. The lowest BCUT2D eigenvalue weighted by Gasteiger charge is -2.26. The molecule has 0 atom stereocenters. The molecule has 3 rings (SSSR count). The number of hydrogen-bond acceptors (Lipinski definition) is 1. The van der Waals surface area contributed by atoms with Gasteiger partial charge >= 0.3 is 0 Å². The molecular weight excluding hydrogens is 302 g/mol. The van der Waals surface area contributed by atoms with Gasteiger partial charge in [-0.2, -0.15) is 0 Å². The standard InChI is InChI=1S/C24H33N/c1-2-3-6-11-21-14-15-23(16-19-25-17-9-5-10-18-25)24(20-21)22-12-7-4-8-13-22/h4,7-8,12-15,20H,2-3,5-6,9-11,16-19H2,1H3. The highest BCUT2D eigenvalue weighted by Crippen LogP contribution is 2.27. The molecule has 0 bridgehead atoms. The van der Waals surface area contributed by atoms with Crippen molar-refractivity contribution in [1.29, 1.82) is 0 Å².